The van der Waals surface area contributed by atoms with Crippen LogP contribution in [0, 0.1) is 11.8 Å². The van der Waals surface area contributed by atoms with Gasteiger partial charge in [-0.25, -0.2) is 0 Å². The Hall–Kier alpha value is -2.32. The lowest BCUT2D eigenvalue weighted by Crippen LogP contribution is -2.44. The van der Waals surface area contributed by atoms with Crippen LogP contribution in [0.5, 0.6) is 5.75 Å². The topological polar surface area (TPSA) is 41.9 Å². The highest BCUT2D eigenvalue weighted by molar-refractivity contribution is 5.26. The third-order valence-corrected chi connectivity index (χ3v) is 5.17. The lowest BCUT2D eigenvalue weighted by atomic mass is 9.92. The summed E-state index contributed by atoms with van der Waals surface area (Å²) in [5.74, 6) is 6.86. The number of rotatable bonds is 7. The van der Waals surface area contributed by atoms with E-state index in [2.05, 4.69) is 41.0 Å². The number of hydrogen-bond donors (Lipinski definition) is 1. The number of benzene rings is 2. The van der Waals surface area contributed by atoms with E-state index in [-0.39, 0.29) is 0 Å². The number of hydrogen-bond acceptors (Lipinski definition) is 4. The smallest absolute Gasteiger partial charge is 0.128 e. The van der Waals surface area contributed by atoms with Crippen molar-refractivity contribution in [1.29, 1.82) is 0 Å². The van der Waals surface area contributed by atoms with Gasteiger partial charge in [0.1, 0.15) is 18.0 Å². The van der Waals surface area contributed by atoms with Gasteiger partial charge in [0.15, 0.2) is 0 Å². The van der Waals surface area contributed by atoms with Crippen molar-refractivity contribution < 1.29 is 14.6 Å². The van der Waals surface area contributed by atoms with Gasteiger partial charge in [0.25, 0.3) is 0 Å². The molecule has 0 amide bonds. The number of aliphatic hydroxyl groups is 1. The average Bonchev–Trinajstić information content (AvgIpc) is 2.74. The van der Waals surface area contributed by atoms with Crippen LogP contribution in [0.3, 0.4) is 0 Å². The first-order chi connectivity index (χ1) is 13.7. The number of piperidine rings is 1. The molecule has 1 N–H and O–H groups in total. The van der Waals surface area contributed by atoms with Crippen molar-refractivity contribution >= 4 is 0 Å². The van der Waals surface area contributed by atoms with Crippen molar-refractivity contribution in [3.05, 3.63) is 65.7 Å². The predicted octanol–water partition coefficient (Wildman–Crippen LogP) is 3.28. The molecule has 0 spiro atoms. The molecule has 148 valence electrons. The van der Waals surface area contributed by atoms with E-state index in [1.165, 1.54) is 5.56 Å². The highest BCUT2D eigenvalue weighted by atomic mass is 16.5. The van der Waals surface area contributed by atoms with Crippen LogP contribution < -0.4 is 4.74 Å². The summed E-state index contributed by atoms with van der Waals surface area (Å²) in [7, 11) is 1.65. The van der Waals surface area contributed by atoms with Crippen LogP contribution in [0.2, 0.25) is 0 Å². The second-order valence-corrected chi connectivity index (χ2v) is 7.25. The van der Waals surface area contributed by atoms with E-state index in [0.717, 1.165) is 37.4 Å². The minimum Gasteiger partial charge on any atom is -0.497 e. The molecule has 4 nitrogen and oxygen atoms in total. The van der Waals surface area contributed by atoms with Crippen LogP contribution in [0.4, 0.5) is 0 Å². The Morgan fingerprint density at radius 2 is 1.71 bits per heavy atom. The van der Waals surface area contributed by atoms with Gasteiger partial charge in [-0.1, -0.05) is 54.3 Å². The molecule has 3 rings (SSSR count). The van der Waals surface area contributed by atoms with Crippen molar-refractivity contribution in [1.82, 2.24) is 4.90 Å². The van der Waals surface area contributed by atoms with E-state index in [1.54, 1.807) is 7.11 Å². The molecule has 0 unspecified atom stereocenters. The van der Waals surface area contributed by atoms with Crippen LogP contribution in [0.15, 0.2) is 54.6 Å². The summed E-state index contributed by atoms with van der Waals surface area (Å²) < 4.78 is 10.7. The molecule has 1 saturated heterocycles. The van der Waals surface area contributed by atoms with Crippen molar-refractivity contribution in [3.8, 4) is 17.6 Å². The van der Waals surface area contributed by atoms with Gasteiger partial charge in [-0.15, -0.1) is 0 Å². The Kier molecular flexibility index (Phi) is 7.50. The third-order valence-electron chi connectivity index (χ3n) is 5.17. The van der Waals surface area contributed by atoms with Crippen molar-refractivity contribution in [2.75, 3.05) is 33.4 Å². The van der Waals surface area contributed by atoms with E-state index in [1.807, 2.05) is 30.3 Å². The van der Waals surface area contributed by atoms with Gasteiger partial charge in [-0.3, -0.25) is 0 Å². The van der Waals surface area contributed by atoms with E-state index in [0.29, 0.717) is 26.1 Å². The number of ether oxygens (including phenoxy) is 2. The number of nitrogens with zero attached hydrogens (tertiary/aromatic N) is 1. The molecule has 0 atom stereocenters. The first-order valence-electron chi connectivity index (χ1n) is 9.86. The summed E-state index contributed by atoms with van der Waals surface area (Å²) in [6, 6.07) is 18.3. The molecule has 2 aromatic rings. The summed E-state index contributed by atoms with van der Waals surface area (Å²) in [6.07, 6.45) is 2.42. The lowest BCUT2D eigenvalue weighted by molar-refractivity contribution is 0.0272. The van der Waals surface area contributed by atoms with Crippen molar-refractivity contribution in [3.63, 3.8) is 0 Å². The molecule has 1 fully saturated rings. The Balaban J connectivity index is 1.36. The van der Waals surface area contributed by atoms with E-state index in [9.17, 15) is 5.11 Å². The van der Waals surface area contributed by atoms with Crippen LogP contribution in [-0.2, 0) is 17.8 Å². The Morgan fingerprint density at radius 3 is 2.39 bits per heavy atom. The van der Waals surface area contributed by atoms with E-state index >= 15 is 0 Å². The molecule has 28 heavy (non-hydrogen) atoms. The van der Waals surface area contributed by atoms with Gasteiger partial charge >= 0.3 is 0 Å². The van der Waals surface area contributed by atoms with E-state index in [4.69, 9.17) is 9.47 Å². The zero-order chi connectivity index (χ0) is 19.7. The summed E-state index contributed by atoms with van der Waals surface area (Å²) in [6.45, 7) is 3.62. The lowest BCUT2D eigenvalue weighted by Gasteiger charge is -2.35. The molecule has 0 aliphatic carbocycles. The van der Waals surface area contributed by atoms with Crippen LogP contribution in [0.1, 0.15) is 24.0 Å². The molecule has 1 heterocycles. The van der Waals surface area contributed by atoms with Gasteiger partial charge in [0.05, 0.1) is 13.7 Å². The molecule has 0 radical (unpaired) electrons. The Morgan fingerprint density at radius 1 is 1.00 bits per heavy atom. The number of methoxy groups -OCH3 is 1. The molecular weight excluding hydrogens is 350 g/mol. The first kappa shape index (κ1) is 20.4. The maximum Gasteiger partial charge on any atom is 0.128 e. The molecule has 0 saturated carbocycles. The SMILES string of the molecule is COc1ccc(COCC#CC2(O)CCN(CCc3ccccc3)CC2)cc1. The summed E-state index contributed by atoms with van der Waals surface area (Å²) in [5, 5.41) is 10.7. The Bertz CT molecular complexity index is 769. The van der Waals surface area contributed by atoms with Gasteiger partial charge < -0.3 is 19.5 Å². The fourth-order valence-corrected chi connectivity index (χ4v) is 3.35. The largest absolute Gasteiger partial charge is 0.497 e. The summed E-state index contributed by atoms with van der Waals surface area (Å²) >= 11 is 0. The third kappa shape index (κ3) is 6.38. The van der Waals surface area contributed by atoms with Gasteiger partial charge in [0.2, 0.25) is 0 Å². The highest BCUT2D eigenvalue weighted by Gasteiger charge is 2.30. The van der Waals surface area contributed by atoms with Gasteiger partial charge in [-0.2, -0.15) is 0 Å². The Labute approximate surface area is 168 Å². The summed E-state index contributed by atoms with van der Waals surface area (Å²) in [4.78, 5) is 2.41. The second kappa shape index (κ2) is 10.3. The molecule has 0 aromatic heterocycles. The monoisotopic (exact) mass is 379 g/mol. The molecule has 4 heteroatoms. The standard InChI is InChI=1S/C24H29NO3/c1-27-23-10-8-22(9-11-23)20-28-19-5-13-24(26)14-17-25(18-15-24)16-12-21-6-3-2-4-7-21/h2-4,6-11,26H,12,14-20H2,1H3. The minimum atomic E-state index is -0.882. The molecule has 0 bridgehead atoms. The van der Waals surface area contributed by atoms with Gasteiger partial charge in [-0.05, 0) is 29.7 Å². The summed E-state index contributed by atoms with van der Waals surface area (Å²) in [5.41, 5.74) is 1.55. The zero-order valence-electron chi connectivity index (χ0n) is 16.6. The normalized spacial score (nSPS) is 16.2. The van der Waals surface area contributed by atoms with E-state index < -0.39 is 5.60 Å². The van der Waals surface area contributed by atoms with Gasteiger partial charge in [0, 0.05) is 32.5 Å². The maximum atomic E-state index is 10.7. The predicted molar refractivity (Wildman–Crippen MR) is 111 cm³/mol. The van der Waals surface area contributed by atoms with Crippen LogP contribution >= 0.6 is 0 Å². The van der Waals surface area contributed by atoms with Crippen molar-refractivity contribution in [2.45, 2.75) is 31.5 Å². The molecular formula is C24H29NO3. The second-order valence-electron chi connectivity index (χ2n) is 7.25. The van der Waals surface area contributed by atoms with Crippen LogP contribution in [-0.4, -0.2) is 49.0 Å². The highest BCUT2D eigenvalue weighted by Crippen LogP contribution is 2.21. The zero-order valence-corrected chi connectivity index (χ0v) is 16.6. The fraction of sp³-hybridized carbons (Fsp3) is 0.417. The minimum absolute atomic E-state index is 0.325. The average molecular weight is 380 g/mol. The van der Waals surface area contributed by atoms with Crippen LogP contribution in [0.25, 0.3) is 0 Å². The maximum absolute atomic E-state index is 10.7. The number of likely N-dealkylation sites (tertiary alicyclic amines) is 1. The molecule has 1 aliphatic rings. The quantitative estimate of drug-likeness (QED) is 0.592. The first-order valence-corrected chi connectivity index (χ1v) is 9.86. The molecule has 2 aromatic carbocycles. The van der Waals surface area contributed by atoms with Crippen molar-refractivity contribution in [2.24, 2.45) is 0 Å². The fourth-order valence-electron chi connectivity index (χ4n) is 3.35. The molecule has 1 aliphatic heterocycles.